The van der Waals surface area contributed by atoms with Gasteiger partial charge in [-0.25, -0.2) is 10.3 Å². The lowest BCUT2D eigenvalue weighted by atomic mass is 9.47. The molecule has 0 spiro atoms. The van der Waals surface area contributed by atoms with E-state index in [-0.39, 0.29) is 35.0 Å². The van der Waals surface area contributed by atoms with E-state index in [4.69, 9.17) is 11.6 Å². The van der Waals surface area contributed by atoms with Crippen molar-refractivity contribution in [3.05, 3.63) is 100 Å². The van der Waals surface area contributed by atoms with Crippen LogP contribution in [0.25, 0.3) is 0 Å². The Morgan fingerprint density at radius 1 is 0.951 bits per heavy atom. The lowest BCUT2D eigenvalue weighted by Crippen LogP contribution is -2.54. The number of anilines is 1. The number of rotatable bonds is 4. The molecule has 2 bridgehead atoms. The van der Waals surface area contributed by atoms with Crippen molar-refractivity contribution in [1.29, 1.82) is 0 Å². The molecule has 9 rings (SSSR count). The summed E-state index contributed by atoms with van der Waals surface area (Å²) in [4.78, 5) is 43.3. The zero-order valence-electron chi connectivity index (χ0n) is 22.7. The van der Waals surface area contributed by atoms with Crippen LogP contribution in [0.4, 0.5) is 5.69 Å². The fourth-order valence-corrected chi connectivity index (χ4v) is 9.26. The van der Waals surface area contributed by atoms with Gasteiger partial charge in [0.15, 0.2) is 0 Å². The fraction of sp³-hybridized carbons (Fsp3) is 0.353. The lowest BCUT2D eigenvalue weighted by molar-refractivity contribution is -0.124. The maximum atomic E-state index is 14.4. The van der Waals surface area contributed by atoms with E-state index in [0.717, 1.165) is 35.1 Å². The average Bonchev–Trinajstić information content (AvgIpc) is 3.54. The van der Waals surface area contributed by atoms with E-state index in [1.165, 1.54) is 17.7 Å². The summed E-state index contributed by atoms with van der Waals surface area (Å²) in [6, 6.07) is 23.0. The number of nitrogens with one attached hydrogen (secondary N) is 1. The maximum Gasteiger partial charge on any atom is 0.244 e. The first-order valence-corrected chi connectivity index (χ1v) is 14.9. The lowest BCUT2D eigenvalue weighted by Gasteiger charge is -2.52. The first-order valence-electron chi connectivity index (χ1n) is 14.5. The van der Waals surface area contributed by atoms with Crippen molar-refractivity contribution in [3.63, 3.8) is 0 Å². The molecule has 3 aromatic rings. The largest absolute Gasteiger partial charge is 0.274 e. The predicted molar refractivity (Wildman–Crippen MR) is 157 cm³/mol. The third-order valence-electron chi connectivity index (χ3n) is 10.8. The Bertz CT molecular complexity index is 1640. The number of halogens is 1. The van der Waals surface area contributed by atoms with Crippen LogP contribution >= 0.6 is 11.6 Å². The topological polar surface area (TPSA) is 78.8 Å². The smallest absolute Gasteiger partial charge is 0.244 e. The Morgan fingerprint density at radius 2 is 1.61 bits per heavy atom. The highest BCUT2D eigenvalue weighted by Crippen LogP contribution is 2.66. The van der Waals surface area contributed by atoms with E-state index in [0.29, 0.717) is 16.6 Å². The highest BCUT2D eigenvalue weighted by atomic mass is 35.5. The molecule has 7 heteroatoms. The summed E-state index contributed by atoms with van der Waals surface area (Å²) in [5.74, 6) is -1.81. The third-order valence-corrected chi connectivity index (χ3v) is 11.2. The number of amides is 3. The first kappa shape index (κ1) is 25.0. The number of imide groups is 1. The van der Waals surface area contributed by atoms with E-state index >= 15 is 0 Å². The number of nitrogens with zero attached hydrogens (tertiary/aromatic N) is 2. The average molecular weight is 564 g/mol. The standard InChI is InChI=1S/C34H30ClN3O3/c1-33-17-9-8-14-23(33)28(33)30(39)37-36-18-34-21-12-4-2-10-19(21)26(20-11-3-5-13-22(20)34)27-29(34)32(41)38(31(27)40)25-16-7-6-15-24(25)35/h2-7,10-13,15-16,18,23,26-29H,8-9,14,17H2,1H3,(H,37,39)/b36-18-/t23-,26?,27+,28-,29-,33+,34?/m1/s1. The molecule has 2 saturated carbocycles. The fourth-order valence-electron chi connectivity index (χ4n) is 9.04. The molecule has 0 aromatic heterocycles. The summed E-state index contributed by atoms with van der Waals surface area (Å²) >= 11 is 6.53. The molecule has 1 heterocycles. The normalized spacial score (nSPS) is 34.2. The van der Waals surface area contributed by atoms with Crippen molar-refractivity contribution >= 4 is 41.2 Å². The van der Waals surface area contributed by atoms with Crippen LogP contribution in [-0.4, -0.2) is 23.9 Å². The molecule has 0 radical (unpaired) electrons. The molecular weight excluding hydrogens is 534 g/mol. The molecule has 6 nitrogen and oxygen atoms in total. The molecule has 1 aliphatic heterocycles. The summed E-state index contributed by atoms with van der Waals surface area (Å²) < 4.78 is 0. The summed E-state index contributed by atoms with van der Waals surface area (Å²) in [5.41, 5.74) is 6.26. The Labute approximate surface area is 243 Å². The van der Waals surface area contributed by atoms with E-state index in [1.54, 1.807) is 30.5 Å². The quantitative estimate of drug-likeness (QED) is 0.247. The third kappa shape index (κ3) is 3.14. The number of hydrogen-bond donors (Lipinski definition) is 1. The highest BCUT2D eigenvalue weighted by Gasteiger charge is 2.68. The van der Waals surface area contributed by atoms with Gasteiger partial charge in [-0.2, -0.15) is 5.10 Å². The maximum absolute atomic E-state index is 14.4. The van der Waals surface area contributed by atoms with Crippen molar-refractivity contribution in [3.8, 4) is 0 Å². The van der Waals surface area contributed by atoms with Crippen molar-refractivity contribution < 1.29 is 14.4 Å². The molecule has 0 unspecified atom stereocenters. The van der Waals surface area contributed by atoms with Gasteiger partial charge in [-0.05, 0) is 58.6 Å². The van der Waals surface area contributed by atoms with Crippen LogP contribution in [0.5, 0.6) is 0 Å². The Morgan fingerprint density at radius 3 is 2.27 bits per heavy atom. The number of fused-ring (bicyclic) bond motifs is 1. The number of hydrazone groups is 1. The van der Waals surface area contributed by atoms with Gasteiger partial charge in [0.25, 0.3) is 0 Å². The van der Waals surface area contributed by atoms with E-state index in [2.05, 4.69) is 29.6 Å². The molecule has 1 saturated heterocycles. The van der Waals surface area contributed by atoms with E-state index in [1.807, 2.05) is 36.4 Å². The van der Waals surface area contributed by atoms with Crippen LogP contribution in [-0.2, 0) is 19.8 Å². The zero-order valence-corrected chi connectivity index (χ0v) is 23.5. The minimum Gasteiger partial charge on any atom is -0.274 e. The highest BCUT2D eigenvalue weighted by molar-refractivity contribution is 6.36. The van der Waals surface area contributed by atoms with Gasteiger partial charge < -0.3 is 0 Å². The molecule has 206 valence electrons. The van der Waals surface area contributed by atoms with Gasteiger partial charge >= 0.3 is 0 Å². The van der Waals surface area contributed by atoms with E-state index < -0.39 is 17.3 Å². The molecule has 6 aliphatic rings. The number of carbonyl (C=O) groups excluding carboxylic acids is 3. The SMILES string of the molecule is C[C@]12CCCC[C@@H]1[C@@H]2C(=O)N/N=C\C12c3ccccc3C(c3ccccc31)[C@@H]1C(=O)N(c3ccccc3Cl)C(=O)[C@@H]12. The van der Waals surface area contributed by atoms with Crippen molar-refractivity contribution in [2.75, 3.05) is 4.90 Å². The van der Waals surface area contributed by atoms with Gasteiger partial charge in [0, 0.05) is 18.1 Å². The van der Waals surface area contributed by atoms with Crippen molar-refractivity contribution in [2.24, 2.45) is 34.2 Å². The summed E-state index contributed by atoms with van der Waals surface area (Å²) in [7, 11) is 0. The van der Waals surface area contributed by atoms with Gasteiger partial charge in [-0.3, -0.25) is 14.4 Å². The number of para-hydroxylation sites is 1. The summed E-state index contributed by atoms with van der Waals surface area (Å²) in [6.45, 7) is 2.22. The van der Waals surface area contributed by atoms with Gasteiger partial charge in [0.05, 0.1) is 28.0 Å². The molecule has 3 fully saturated rings. The second kappa shape index (κ2) is 8.62. The van der Waals surface area contributed by atoms with Gasteiger partial charge in [-0.1, -0.05) is 92.0 Å². The van der Waals surface area contributed by atoms with Crippen molar-refractivity contribution in [1.82, 2.24) is 5.43 Å². The zero-order chi connectivity index (χ0) is 28.1. The molecule has 3 amide bonds. The van der Waals surface area contributed by atoms with Crippen LogP contribution < -0.4 is 10.3 Å². The number of benzene rings is 3. The van der Waals surface area contributed by atoms with Crippen LogP contribution in [0, 0.1) is 29.1 Å². The Hall–Kier alpha value is -3.77. The molecule has 41 heavy (non-hydrogen) atoms. The van der Waals surface area contributed by atoms with Crippen LogP contribution in [0.1, 0.15) is 60.8 Å². The first-order chi connectivity index (χ1) is 19.9. The minimum absolute atomic E-state index is 0.0283. The van der Waals surface area contributed by atoms with Crippen LogP contribution in [0.3, 0.4) is 0 Å². The molecule has 1 N–H and O–H groups in total. The molecule has 3 aromatic carbocycles. The van der Waals surface area contributed by atoms with E-state index in [9.17, 15) is 14.4 Å². The van der Waals surface area contributed by atoms with Crippen LogP contribution in [0.15, 0.2) is 77.9 Å². The predicted octanol–water partition coefficient (Wildman–Crippen LogP) is 5.82. The van der Waals surface area contributed by atoms with Gasteiger partial charge in [0.2, 0.25) is 17.7 Å². The summed E-state index contributed by atoms with van der Waals surface area (Å²) in [5, 5.41) is 4.96. The van der Waals surface area contributed by atoms with Gasteiger partial charge in [0.1, 0.15) is 0 Å². The van der Waals surface area contributed by atoms with Gasteiger partial charge in [-0.15, -0.1) is 0 Å². The van der Waals surface area contributed by atoms with Crippen LogP contribution in [0.2, 0.25) is 5.02 Å². The monoisotopic (exact) mass is 563 g/mol. The number of carbonyl (C=O) groups is 3. The number of hydrogen-bond acceptors (Lipinski definition) is 4. The van der Waals surface area contributed by atoms with Crippen molar-refractivity contribution in [2.45, 2.75) is 43.9 Å². The molecule has 5 aliphatic carbocycles. The summed E-state index contributed by atoms with van der Waals surface area (Å²) in [6.07, 6.45) is 6.24. The molecular formula is C34H30ClN3O3. The Balaban J connectivity index is 1.26. The molecule has 5 atom stereocenters. The Kier molecular flexibility index (Phi) is 5.25. The minimum atomic E-state index is -1.02. The second-order valence-corrected chi connectivity index (χ2v) is 13.0. The second-order valence-electron chi connectivity index (χ2n) is 12.6.